The fourth-order valence-corrected chi connectivity index (χ4v) is 3.03. The maximum absolute atomic E-state index is 12.2. The predicted molar refractivity (Wildman–Crippen MR) is 122 cm³/mol. The second-order valence-electron chi connectivity index (χ2n) is 7.45. The lowest BCUT2D eigenvalue weighted by Gasteiger charge is -2.10. The van der Waals surface area contributed by atoms with E-state index in [0.717, 1.165) is 36.2 Å². The van der Waals surface area contributed by atoms with Crippen LogP contribution in [0, 0.1) is 6.92 Å². The first-order chi connectivity index (χ1) is 13.8. The Hall–Kier alpha value is -2.57. The Kier molecular flexibility index (Phi) is 8.96. The molecule has 154 valence electrons. The summed E-state index contributed by atoms with van der Waals surface area (Å²) in [6.07, 6.45) is 3.01. The van der Waals surface area contributed by atoms with Crippen molar-refractivity contribution in [2.24, 2.45) is 0 Å². The zero-order valence-electron chi connectivity index (χ0n) is 17.3. The van der Waals surface area contributed by atoms with Crippen molar-refractivity contribution in [2.75, 3.05) is 26.0 Å². The number of rotatable bonds is 9. The summed E-state index contributed by atoms with van der Waals surface area (Å²) in [7, 11) is 4.08. The largest absolute Gasteiger partial charge is 0.332 e. The van der Waals surface area contributed by atoms with Crippen molar-refractivity contribution in [2.45, 2.75) is 32.6 Å². The average molecular weight is 412 g/mol. The van der Waals surface area contributed by atoms with E-state index in [0.29, 0.717) is 18.4 Å². The van der Waals surface area contributed by atoms with Crippen molar-refractivity contribution in [3.8, 4) is 0 Å². The van der Waals surface area contributed by atoms with E-state index in [9.17, 15) is 9.59 Å². The molecule has 0 bridgehead atoms. The highest BCUT2D eigenvalue weighted by atomic mass is 32.1. The number of nitrogens with zero attached hydrogens (tertiary/aromatic N) is 1. The number of aryl methyl sites for hydroxylation is 1. The first-order valence-electron chi connectivity index (χ1n) is 9.78. The number of nitrogens with one attached hydrogen (secondary N) is 2. The number of unbranched alkanes of at least 4 members (excludes halogenated alkanes) is 1. The quantitative estimate of drug-likeness (QED) is 0.483. The third kappa shape index (κ3) is 8.54. The Morgan fingerprint density at radius 3 is 2.24 bits per heavy atom. The van der Waals surface area contributed by atoms with Crippen LogP contribution in [0.3, 0.4) is 0 Å². The van der Waals surface area contributed by atoms with Crippen LogP contribution in [0.15, 0.2) is 48.5 Å². The zero-order chi connectivity index (χ0) is 21.2. The molecule has 0 aromatic heterocycles. The summed E-state index contributed by atoms with van der Waals surface area (Å²) in [5, 5.41) is 5.90. The van der Waals surface area contributed by atoms with Crippen LogP contribution < -0.4 is 10.6 Å². The Bertz CT molecular complexity index is 830. The fraction of sp³-hybridized carbons (Fsp3) is 0.348. The van der Waals surface area contributed by atoms with Gasteiger partial charge in [0.25, 0.3) is 5.91 Å². The fourth-order valence-electron chi connectivity index (χ4n) is 2.81. The molecule has 0 unspecified atom stereocenters. The van der Waals surface area contributed by atoms with Crippen LogP contribution in [0.1, 0.15) is 40.7 Å². The standard InChI is InChI=1S/C23H29N3O2S/c1-17-7-11-19(12-8-17)22(28)25-23(29)24-20-13-9-18(10-14-20)16-21(27)6-4-5-15-26(2)3/h7-14H,4-6,15-16H2,1-3H3,(H2,24,25,28,29). The molecular weight excluding hydrogens is 382 g/mol. The molecule has 0 heterocycles. The monoisotopic (exact) mass is 411 g/mol. The molecule has 2 aromatic rings. The topological polar surface area (TPSA) is 61.4 Å². The number of Topliss-reactive ketones (excluding diaryl/α,β-unsaturated/α-hetero) is 1. The van der Waals surface area contributed by atoms with Gasteiger partial charge in [-0.3, -0.25) is 14.9 Å². The van der Waals surface area contributed by atoms with Gasteiger partial charge in [-0.15, -0.1) is 0 Å². The minimum atomic E-state index is -0.251. The molecule has 6 heteroatoms. The molecule has 0 aliphatic carbocycles. The summed E-state index contributed by atoms with van der Waals surface area (Å²) in [5.41, 5.74) is 3.39. The molecule has 2 rings (SSSR count). The molecule has 0 atom stereocenters. The van der Waals surface area contributed by atoms with Gasteiger partial charge in [-0.1, -0.05) is 29.8 Å². The zero-order valence-corrected chi connectivity index (χ0v) is 18.1. The average Bonchev–Trinajstić information content (AvgIpc) is 2.67. The molecule has 0 aliphatic heterocycles. The maximum atomic E-state index is 12.2. The number of benzene rings is 2. The third-order valence-electron chi connectivity index (χ3n) is 4.46. The van der Waals surface area contributed by atoms with E-state index in [1.807, 2.05) is 57.4 Å². The first kappa shape index (κ1) is 22.7. The lowest BCUT2D eigenvalue weighted by molar-refractivity contribution is -0.118. The van der Waals surface area contributed by atoms with Crippen molar-refractivity contribution in [3.05, 3.63) is 65.2 Å². The van der Waals surface area contributed by atoms with Crippen LogP contribution in [-0.2, 0) is 11.2 Å². The summed E-state index contributed by atoms with van der Waals surface area (Å²) in [6, 6.07) is 14.8. The van der Waals surface area contributed by atoms with Crippen LogP contribution in [0.2, 0.25) is 0 Å². The van der Waals surface area contributed by atoms with Gasteiger partial charge < -0.3 is 10.2 Å². The van der Waals surface area contributed by atoms with Gasteiger partial charge in [-0.25, -0.2) is 0 Å². The molecule has 29 heavy (non-hydrogen) atoms. The maximum Gasteiger partial charge on any atom is 0.257 e. The van der Waals surface area contributed by atoms with Gasteiger partial charge in [0.2, 0.25) is 0 Å². The lowest BCUT2D eigenvalue weighted by Crippen LogP contribution is -2.34. The minimum Gasteiger partial charge on any atom is -0.332 e. The van der Waals surface area contributed by atoms with Crippen LogP contribution in [0.5, 0.6) is 0 Å². The molecule has 0 aliphatic rings. The number of ketones is 1. The van der Waals surface area contributed by atoms with E-state index in [4.69, 9.17) is 12.2 Å². The van der Waals surface area contributed by atoms with Crippen molar-refractivity contribution in [1.82, 2.24) is 10.2 Å². The molecule has 5 nitrogen and oxygen atoms in total. The molecule has 2 aromatic carbocycles. The number of amides is 1. The van der Waals surface area contributed by atoms with Crippen LogP contribution in [-0.4, -0.2) is 42.3 Å². The Balaban J connectivity index is 1.77. The van der Waals surface area contributed by atoms with Gasteiger partial charge in [0.05, 0.1) is 0 Å². The molecule has 0 saturated heterocycles. The van der Waals surface area contributed by atoms with Gasteiger partial charge in [0.1, 0.15) is 5.78 Å². The van der Waals surface area contributed by atoms with E-state index in [1.54, 1.807) is 12.1 Å². The molecule has 2 N–H and O–H groups in total. The highest BCUT2D eigenvalue weighted by Crippen LogP contribution is 2.12. The normalized spacial score (nSPS) is 10.6. The van der Waals surface area contributed by atoms with E-state index in [-0.39, 0.29) is 16.8 Å². The van der Waals surface area contributed by atoms with Gasteiger partial charge in [-0.05, 0) is 82.5 Å². The third-order valence-corrected chi connectivity index (χ3v) is 4.67. The Morgan fingerprint density at radius 2 is 1.62 bits per heavy atom. The Morgan fingerprint density at radius 1 is 0.966 bits per heavy atom. The summed E-state index contributed by atoms with van der Waals surface area (Å²) in [5.74, 6) is 0.00401. The molecule has 0 radical (unpaired) electrons. The number of hydrogen-bond donors (Lipinski definition) is 2. The van der Waals surface area contributed by atoms with Crippen molar-refractivity contribution >= 4 is 34.7 Å². The number of carbonyl (C=O) groups is 2. The van der Waals surface area contributed by atoms with Crippen LogP contribution in [0.25, 0.3) is 0 Å². The summed E-state index contributed by atoms with van der Waals surface area (Å²) in [6.45, 7) is 2.98. The number of thiocarbonyl (C=S) groups is 1. The van der Waals surface area contributed by atoms with Crippen molar-refractivity contribution in [3.63, 3.8) is 0 Å². The second-order valence-corrected chi connectivity index (χ2v) is 7.86. The van der Waals surface area contributed by atoms with Gasteiger partial charge in [0.15, 0.2) is 5.11 Å². The summed E-state index contributed by atoms with van der Waals surface area (Å²) >= 11 is 5.22. The number of anilines is 1. The SMILES string of the molecule is Cc1ccc(C(=O)NC(=S)Nc2ccc(CC(=O)CCCCN(C)C)cc2)cc1. The van der Waals surface area contributed by atoms with Gasteiger partial charge >= 0.3 is 0 Å². The molecule has 0 spiro atoms. The second kappa shape index (κ2) is 11.4. The highest BCUT2D eigenvalue weighted by molar-refractivity contribution is 7.80. The summed E-state index contributed by atoms with van der Waals surface area (Å²) < 4.78 is 0. The minimum absolute atomic E-state index is 0.236. The summed E-state index contributed by atoms with van der Waals surface area (Å²) in [4.78, 5) is 26.4. The Labute approximate surface area is 178 Å². The van der Waals surface area contributed by atoms with E-state index < -0.39 is 0 Å². The molecular formula is C23H29N3O2S. The predicted octanol–water partition coefficient (Wildman–Crippen LogP) is 3.97. The highest BCUT2D eigenvalue weighted by Gasteiger charge is 2.08. The number of carbonyl (C=O) groups excluding carboxylic acids is 2. The van der Waals surface area contributed by atoms with E-state index in [2.05, 4.69) is 15.5 Å². The first-order valence-corrected chi connectivity index (χ1v) is 10.2. The van der Waals surface area contributed by atoms with Crippen molar-refractivity contribution in [1.29, 1.82) is 0 Å². The van der Waals surface area contributed by atoms with E-state index in [1.165, 1.54) is 0 Å². The van der Waals surface area contributed by atoms with Crippen LogP contribution in [0.4, 0.5) is 5.69 Å². The molecule has 0 fully saturated rings. The van der Waals surface area contributed by atoms with Crippen molar-refractivity contribution < 1.29 is 9.59 Å². The van der Waals surface area contributed by atoms with Gasteiger partial charge in [-0.2, -0.15) is 0 Å². The van der Waals surface area contributed by atoms with Crippen LogP contribution >= 0.6 is 12.2 Å². The lowest BCUT2D eigenvalue weighted by atomic mass is 10.0. The molecule has 0 saturated carbocycles. The number of hydrogen-bond acceptors (Lipinski definition) is 4. The molecule has 1 amide bonds. The smallest absolute Gasteiger partial charge is 0.257 e. The van der Waals surface area contributed by atoms with E-state index >= 15 is 0 Å². The van der Waals surface area contributed by atoms with Gasteiger partial charge in [0, 0.05) is 24.1 Å².